The molecule has 0 amide bonds. The first-order valence-corrected chi connectivity index (χ1v) is 9.98. The van der Waals surface area contributed by atoms with Crippen LogP contribution in [-0.4, -0.2) is 10.8 Å². The van der Waals surface area contributed by atoms with Crippen LogP contribution >= 0.6 is 11.3 Å². The molecule has 0 spiro atoms. The summed E-state index contributed by atoms with van der Waals surface area (Å²) in [5, 5.41) is 9.39. The second kappa shape index (κ2) is 5.89. The van der Waals surface area contributed by atoms with E-state index in [0.717, 1.165) is 36.1 Å². The van der Waals surface area contributed by atoms with Gasteiger partial charge in [0.25, 0.3) is 0 Å². The Hall–Kier alpha value is -2.25. The van der Waals surface area contributed by atoms with Crippen LogP contribution in [0.2, 0.25) is 0 Å². The zero-order valence-electron chi connectivity index (χ0n) is 15.4. The predicted octanol–water partition coefficient (Wildman–Crippen LogP) is 4.95. The summed E-state index contributed by atoms with van der Waals surface area (Å²) in [6, 6.07) is 10.0. The van der Waals surface area contributed by atoms with Gasteiger partial charge in [0, 0.05) is 23.3 Å². The third-order valence-electron chi connectivity index (χ3n) is 5.81. The average Bonchev–Trinajstić information content (AvgIpc) is 3.07. The fourth-order valence-corrected chi connectivity index (χ4v) is 5.98. The molecule has 0 N–H and O–H groups in total. The number of hydrogen-bond donors (Lipinski definition) is 0. The number of allylic oxidation sites excluding steroid dienone is 2. The SMILES string of the molecule is CCC1(c2cccc(C#N)c2)C2=C(Cc3ncsc31)CC(C)(C)CC2=O. The molecule has 2 aliphatic rings. The molecule has 0 radical (unpaired) electrons. The molecule has 0 aliphatic heterocycles. The summed E-state index contributed by atoms with van der Waals surface area (Å²) in [4.78, 5) is 19.2. The van der Waals surface area contributed by atoms with Gasteiger partial charge in [-0.3, -0.25) is 4.79 Å². The highest BCUT2D eigenvalue weighted by atomic mass is 32.1. The van der Waals surface area contributed by atoms with Crippen molar-refractivity contribution in [3.05, 3.63) is 62.6 Å². The molecule has 3 nitrogen and oxygen atoms in total. The van der Waals surface area contributed by atoms with Gasteiger partial charge >= 0.3 is 0 Å². The molecule has 1 aromatic heterocycles. The summed E-state index contributed by atoms with van der Waals surface area (Å²) < 4.78 is 0. The Morgan fingerprint density at radius 1 is 1.31 bits per heavy atom. The number of nitriles is 1. The van der Waals surface area contributed by atoms with Gasteiger partial charge in [-0.1, -0.05) is 38.5 Å². The molecule has 0 fully saturated rings. The van der Waals surface area contributed by atoms with Crippen LogP contribution in [0.15, 0.2) is 40.9 Å². The van der Waals surface area contributed by atoms with E-state index in [1.54, 1.807) is 11.3 Å². The van der Waals surface area contributed by atoms with Crippen molar-refractivity contribution in [1.29, 1.82) is 5.26 Å². The Bertz CT molecular complexity index is 976. The highest BCUT2D eigenvalue weighted by Crippen LogP contribution is 2.54. The Balaban J connectivity index is 2.04. The fourth-order valence-electron chi connectivity index (χ4n) is 4.87. The van der Waals surface area contributed by atoms with Crippen LogP contribution in [0.4, 0.5) is 0 Å². The lowest BCUT2D eigenvalue weighted by Crippen LogP contribution is -2.42. The molecule has 132 valence electrons. The smallest absolute Gasteiger partial charge is 0.160 e. The summed E-state index contributed by atoms with van der Waals surface area (Å²) >= 11 is 1.64. The van der Waals surface area contributed by atoms with Crippen LogP contribution < -0.4 is 0 Å². The highest BCUT2D eigenvalue weighted by molar-refractivity contribution is 7.10. The second-order valence-electron chi connectivity index (χ2n) is 8.18. The second-order valence-corrected chi connectivity index (χ2v) is 9.03. The summed E-state index contributed by atoms with van der Waals surface area (Å²) in [7, 11) is 0. The lowest BCUT2D eigenvalue weighted by Gasteiger charge is -2.44. The summed E-state index contributed by atoms with van der Waals surface area (Å²) in [5.41, 5.74) is 6.44. The topological polar surface area (TPSA) is 53.8 Å². The minimum atomic E-state index is -0.468. The van der Waals surface area contributed by atoms with Crippen molar-refractivity contribution in [3.63, 3.8) is 0 Å². The molecule has 0 saturated carbocycles. The monoisotopic (exact) mass is 362 g/mol. The van der Waals surface area contributed by atoms with Crippen molar-refractivity contribution in [1.82, 2.24) is 4.98 Å². The Morgan fingerprint density at radius 2 is 2.12 bits per heavy atom. The number of nitrogens with zero attached hydrogens (tertiary/aromatic N) is 2. The van der Waals surface area contributed by atoms with Gasteiger partial charge in [-0.15, -0.1) is 11.3 Å². The zero-order valence-corrected chi connectivity index (χ0v) is 16.2. The van der Waals surface area contributed by atoms with Crippen LogP contribution in [0.25, 0.3) is 0 Å². The van der Waals surface area contributed by atoms with Crippen LogP contribution in [0, 0.1) is 16.7 Å². The van der Waals surface area contributed by atoms with Crippen LogP contribution in [0.1, 0.15) is 61.7 Å². The first-order chi connectivity index (χ1) is 12.4. The Kier molecular flexibility index (Phi) is 3.89. The normalized spacial score (nSPS) is 24.0. The van der Waals surface area contributed by atoms with E-state index in [0.29, 0.717) is 12.0 Å². The molecule has 1 aromatic carbocycles. The maximum atomic E-state index is 13.3. The van der Waals surface area contributed by atoms with Gasteiger partial charge in [0.05, 0.1) is 28.3 Å². The van der Waals surface area contributed by atoms with Crippen LogP contribution in [0.3, 0.4) is 0 Å². The van der Waals surface area contributed by atoms with Gasteiger partial charge in [0.2, 0.25) is 0 Å². The molecule has 0 bridgehead atoms. The number of ketones is 1. The van der Waals surface area contributed by atoms with Crippen molar-refractivity contribution in [3.8, 4) is 6.07 Å². The maximum Gasteiger partial charge on any atom is 0.160 e. The number of carbonyl (C=O) groups excluding carboxylic acids is 1. The summed E-state index contributed by atoms with van der Waals surface area (Å²) in [6.07, 6.45) is 3.09. The summed E-state index contributed by atoms with van der Waals surface area (Å²) in [6.45, 7) is 6.50. The number of aromatic nitrogens is 1. The largest absolute Gasteiger partial charge is 0.294 e. The van der Waals surface area contributed by atoms with E-state index in [1.807, 2.05) is 23.7 Å². The van der Waals surface area contributed by atoms with Crippen molar-refractivity contribution in [2.75, 3.05) is 0 Å². The fraction of sp³-hybridized carbons (Fsp3) is 0.409. The van der Waals surface area contributed by atoms with E-state index >= 15 is 0 Å². The molecule has 2 aromatic rings. The standard InChI is InChI=1S/C22H22N2OS/c1-4-22(16-7-5-6-14(8-16)12-23)19-15(9-17-20(22)26-13-24-17)10-21(2,3)11-18(19)25/h5-8,13H,4,9-11H2,1-3H3. The van der Waals surface area contributed by atoms with E-state index in [9.17, 15) is 10.1 Å². The van der Waals surface area contributed by atoms with Gasteiger partial charge in [-0.05, 0) is 36.0 Å². The first kappa shape index (κ1) is 17.2. The maximum absolute atomic E-state index is 13.3. The van der Waals surface area contributed by atoms with Gasteiger partial charge in [0.15, 0.2) is 5.78 Å². The molecule has 4 rings (SSSR count). The van der Waals surface area contributed by atoms with Crippen LogP contribution in [-0.2, 0) is 16.6 Å². The lowest BCUT2D eigenvalue weighted by molar-refractivity contribution is -0.118. The van der Waals surface area contributed by atoms with Gasteiger partial charge in [-0.25, -0.2) is 4.98 Å². The minimum absolute atomic E-state index is 0.00255. The third-order valence-corrected chi connectivity index (χ3v) is 6.85. The number of carbonyl (C=O) groups is 1. The third kappa shape index (κ3) is 2.38. The van der Waals surface area contributed by atoms with Gasteiger partial charge in [-0.2, -0.15) is 5.26 Å². The summed E-state index contributed by atoms with van der Waals surface area (Å²) in [5.74, 6) is 0.263. The molecule has 0 saturated heterocycles. The highest BCUT2D eigenvalue weighted by Gasteiger charge is 2.50. The van der Waals surface area contributed by atoms with E-state index in [2.05, 4.69) is 37.9 Å². The lowest BCUT2D eigenvalue weighted by atomic mass is 9.59. The molecule has 1 unspecified atom stereocenters. The number of fused-ring (bicyclic) bond motifs is 1. The molecular formula is C22H22N2OS. The number of hydrogen-bond acceptors (Lipinski definition) is 4. The van der Waals surface area contributed by atoms with Crippen molar-refractivity contribution in [2.45, 2.75) is 51.9 Å². The van der Waals surface area contributed by atoms with E-state index < -0.39 is 5.41 Å². The number of Topliss-reactive ketones (excluding diaryl/α,β-unsaturated/α-hetero) is 1. The van der Waals surface area contributed by atoms with Crippen LogP contribution in [0.5, 0.6) is 0 Å². The van der Waals surface area contributed by atoms with E-state index in [1.165, 1.54) is 10.5 Å². The average molecular weight is 362 g/mol. The zero-order chi connectivity index (χ0) is 18.5. The Labute approximate surface area is 158 Å². The number of thiazole rings is 1. The molecule has 26 heavy (non-hydrogen) atoms. The van der Waals surface area contributed by atoms with Gasteiger partial charge in [0.1, 0.15) is 0 Å². The van der Waals surface area contributed by atoms with E-state index in [-0.39, 0.29) is 11.2 Å². The molecule has 1 atom stereocenters. The van der Waals surface area contributed by atoms with Crippen molar-refractivity contribution in [2.24, 2.45) is 5.41 Å². The number of rotatable bonds is 2. The first-order valence-electron chi connectivity index (χ1n) is 9.10. The molecule has 1 heterocycles. The minimum Gasteiger partial charge on any atom is -0.294 e. The predicted molar refractivity (Wildman–Crippen MR) is 103 cm³/mol. The van der Waals surface area contributed by atoms with Crippen molar-refractivity contribution < 1.29 is 4.79 Å². The molecular weight excluding hydrogens is 340 g/mol. The Morgan fingerprint density at radius 3 is 2.85 bits per heavy atom. The van der Waals surface area contributed by atoms with E-state index in [4.69, 9.17) is 0 Å². The van der Waals surface area contributed by atoms with Gasteiger partial charge < -0.3 is 0 Å². The molecule has 2 aliphatic carbocycles. The quantitative estimate of drug-likeness (QED) is 0.759. The number of benzene rings is 1. The molecule has 4 heteroatoms. The van der Waals surface area contributed by atoms with Crippen molar-refractivity contribution >= 4 is 17.1 Å².